The van der Waals surface area contributed by atoms with Gasteiger partial charge in [0, 0.05) is 22.9 Å². The predicted octanol–water partition coefficient (Wildman–Crippen LogP) is 5.69. The van der Waals surface area contributed by atoms with E-state index in [1.54, 1.807) is 6.08 Å². The molecule has 0 aliphatic heterocycles. The van der Waals surface area contributed by atoms with Crippen molar-refractivity contribution in [3.05, 3.63) is 95.8 Å². The molecule has 0 spiro atoms. The van der Waals surface area contributed by atoms with Crippen molar-refractivity contribution in [3.63, 3.8) is 0 Å². The molecule has 0 saturated heterocycles. The van der Waals surface area contributed by atoms with Crippen molar-refractivity contribution in [2.45, 2.75) is 46.8 Å². The van der Waals surface area contributed by atoms with Gasteiger partial charge in [-0.15, -0.1) is 0 Å². The molecule has 170 valence electrons. The van der Waals surface area contributed by atoms with Crippen LogP contribution in [-0.2, 0) is 17.8 Å². The summed E-state index contributed by atoms with van der Waals surface area (Å²) in [5, 5.41) is 2.95. The number of nitrogens with zero attached hydrogens (tertiary/aromatic N) is 2. The average molecular weight is 442 g/mol. The number of carbonyl (C=O) groups excluding carboxylic acids is 1. The van der Waals surface area contributed by atoms with E-state index in [4.69, 9.17) is 14.7 Å². The van der Waals surface area contributed by atoms with Gasteiger partial charge in [0.15, 0.2) is 5.82 Å². The van der Waals surface area contributed by atoms with Gasteiger partial charge in [0.05, 0.1) is 12.1 Å². The van der Waals surface area contributed by atoms with Gasteiger partial charge < -0.3 is 10.1 Å². The highest BCUT2D eigenvalue weighted by molar-refractivity contribution is 5.81. The summed E-state index contributed by atoms with van der Waals surface area (Å²) in [6.45, 7) is 12.1. The normalized spacial score (nSPS) is 11.4. The Morgan fingerprint density at radius 1 is 1.12 bits per heavy atom. The minimum absolute atomic E-state index is 0.0617. The minimum atomic E-state index is -0.0679. The highest BCUT2D eigenvalue weighted by atomic mass is 16.5. The van der Waals surface area contributed by atoms with Gasteiger partial charge in [-0.2, -0.15) is 0 Å². The smallest absolute Gasteiger partial charge is 0.226 e. The molecule has 3 rings (SSSR count). The molecule has 0 aliphatic carbocycles. The summed E-state index contributed by atoms with van der Waals surface area (Å²) in [4.78, 5) is 22.1. The van der Waals surface area contributed by atoms with Gasteiger partial charge >= 0.3 is 0 Å². The molecule has 3 aromatic rings. The van der Waals surface area contributed by atoms with Crippen LogP contribution < -0.4 is 10.1 Å². The molecular formula is C28H31N3O2. The van der Waals surface area contributed by atoms with E-state index in [0.717, 1.165) is 33.7 Å². The number of benzene rings is 2. The Morgan fingerprint density at radius 3 is 2.58 bits per heavy atom. The number of hydrogen-bond acceptors (Lipinski definition) is 4. The third-order valence-electron chi connectivity index (χ3n) is 5.05. The summed E-state index contributed by atoms with van der Waals surface area (Å²) in [5.74, 6) is 1.24. The molecule has 0 bridgehead atoms. The minimum Gasteiger partial charge on any atom is -0.489 e. The summed E-state index contributed by atoms with van der Waals surface area (Å²) in [6.07, 6.45) is 3.82. The second-order valence-electron chi connectivity index (χ2n) is 8.24. The second-order valence-corrected chi connectivity index (χ2v) is 8.24. The summed E-state index contributed by atoms with van der Waals surface area (Å²) in [5.41, 5.74) is 5.31. The average Bonchev–Trinajstić information content (AvgIpc) is 2.78. The van der Waals surface area contributed by atoms with Crippen molar-refractivity contribution in [2.24, 2.45) is 0 Å². The monoisotopic (exact) mass is 441 g/mol. The van der Waals surface area contributed by atoms with Crippen molar-refractivity contribution in [1.82, 2.24) is 15.3 Å². The molecule has 1 aromatic heterocycles. The fourth-order valence-corrected chi connectivity index (χ4v) is 3.65. The summed E-state index contributed by atoms with van der Waals surface area (Å²) >= 11 is 0. The molecule has 5 heteroatoms. The Labute approximate surface area is 196 Å². The number of aromatic nitrogens is 2. The van der Waals surface area contributed by atoms with E-state index >= 15 is 0 Å². The molecule has 5 nitrogen and oxygen atoms in total. The van der Waals surface area contributed by atoms with Crippen LogP contribution in [0, 0.1) is 6.92 Å². The van der Waals surface area contributed by atoms with Crippen LogP contribution in [0.3, 0.4) is 0 Å². The van der Waals surface area contributed by atoms with Gasteiger partial charge in [-0.3, -0.25) is 4.79 Å². The van der Waals surface area contributed by atoms with E-state index in [2.05, 4.69) is 11.9 Å². The Kier molecular flexibility index (Phi) is 8.14. The van der Waals surface area contributed by atoms with Crippen LogP contribution >= 0.6 is 0 Å². The van der Waals surface area contributed by atoms with Crippen LogP contribution in [0.25, 0.3) is 17.0 Å². The van der Waals surface area contributed by atoms with Crippen LogP contribution in [0.1, 0.15) is 43.3 Å². The number of carbonyl (C=O) groups is 1. The first-order valence-electron chi connectivity index (χ1n) is 11.1. The largest absolute Gasteiger partial charge is 0.489 e. The standard InChI is InChI=1S/C28H31N3O2/c1-6-11-20(4)27-21(5)30-28(31-25(27)17-26(32)29-19(2)3)23-14-10-15-24(16-23)33-18-22-12-8-7-9-13-22/h6-16,19H,1,17-18H2,2-5H3,(H,29,32)/b20-11+. The first kappa shape index (κ1) is 23.9. The molecule has 0 atom stereocenters. The maximum absolute atomic E-state index is 12.6. The fourth-order valence-electron chi connectivity index (χ4n) is 3.65. The number of hydrogen-bond donors (Lipinski definition) is 1. The second kappa shape index (κ2) is 11.2. The number of amides is 1. The molecule has 2 aromatic carbocycles. The molecule has 0 unspecified atom stereocenters. The van der Waals surface area contributed by atoms with Crippen molar-refractivity contribution in [1.29, 1.82) is 0 Å². The summed E-state index contributed by atoms with van der Waals surface area (Å²) < 4.78 is 5.98. The quantitative estimate of drug-likeness (QED) is 0.434. The Balaban J connectivity index is 1.95. The van der Waals surface area contributed by atoms with Gasteiger partial charge in [-0.25, -0.2) is 9.97 Å². The number of allylic oxidation sites excluding steroid dienone is 3. The Hall–Kier alpha value is -3.73. The van der Waals surface area contributed by atoms with Gasteiger partial charge in [0.25, 0.3) is 0 Å². The zero-order valence-electron chi connectivity index (χ0n) is 19.8. The van der Waals surface area contributed by atoms with Crippen molar-refractivity contribution >= 4 is 11.5 Å². The molecule has 0 saturated carbocycles. The van der Waals surface area contributed by atoms with Crippen LogP contribution in [0.2, 0.25) is 0 Å². The van der Waals surface area contributed by atoms with Crippen molar-refractivity contribution in [3.8, 4) is 17.1 Å². The van der Waals surface area contributed by atoms with Gasteiger partial charge in [0.1, 0.15) is 12.4 Å². The fraction of sp³-hybridized carbons (Fsp3) is 0.250. The maximum Gasteiger partial charge on any atom is 0.226 e. The maximum atomic E-state index is 12.6. The highest BCUT2D eigenvalue weighted by Gasteiger charge is 2.17. The Bertz CT molecular complexity index is 1150. The first-order chi connectivity index (χ1) is 15.9. The van der Waals surface area contributed by atoms with Crippen molar-refractivity contribution in [2.75, 3.05) is 0 Å². The van der Waals surface area contributed by atoms with E-state index in [0.29, 0.717) is 18.1 Å². The molecule has 0 radical (unpaired) electrons. The van der Waals surface area contributed by atoms with E-state index < -0.39 is 0 Å². The third kappa shape index (κ3) is 6.62. The lowest BCUT2D eigenvalue weighted by molar-refractivity contribution is -0.120. The molecule has 0 fully saturated rings. The molecule has 33 heavy (non-hydrogen) atoms. The van der Waals surface area contributed by atoms with Crippen molar-refractivity contribution < 1.29 is 9.53 Å². The molecule has 1 amide bonds. The lowest BCUT2D eigenvalue weighted by Crippen LogP contribution is -2.32. The molecule has 0 aliphatic rings. The van der Waals surface area contributed by atoms with Gasteiger partial charge in [-0.05, 0) is 51.0 Å². The number of ether oxygens (including phenoxy) is 1. The topological polar surface area (TPSA) is 64.1 Å². The first-order valence-corrected chi connectivity index (χ1v) is 11.1. The number of rotatable bonds is 9. The number of aryl methyl sites for hydroxylation is 1. The molecule has 1 heterocycles. The predicted molar refractivity (Wildman–Crippen MR) is 134 cm³/mol. The van der Waals surface area contributed by atoms with E-state index in [1.165, 1.54) is 0 Å². The lowest BCUT2D eigenvalue weighted by Gasteiger charge is -2.15. The summed E-state index contributed by atoms with van der Waals surface area (Å²) in [6, 6.07) is 17.8. The van der Waals surface area contributed by atoms with E-state index in [1.807, 2.05) is 88.4 Å². The van der Waals surface area contributed by atoms with Crippen LogP contribution in [-0.4, -0.2) is 21.9 Å². The SMILES string of the molecule is C=C/C=C(\C)c1c(C)nc(-c2cccc(OCc3ccccc3)c2)nc1CC(=O)NC(C)C. The molecular weight excluding hydrogens is 410 g/mol. The Morgan fingerprint density at radius 2 is 1.88 bits per heavy atom. The van der Waals surface area contributed by atoms with Gasteiger partial charge in [0.2, 0.25) is 5.91 Å². The van der Waals surface area contributed by atoms with Crippen LogP contribution in [0.15, 0.2) is 73.3 Å². The van der Waals surface area contributed by atoms with Gasteiger partial charge in [-0.1, -0.05) is 61.2 Å². The van der Waals surface area contributed by atoms with Crippen LogP contribution in [0.5, 0.6) is 5.75 Å². The van der Waals surface area contributed by atoms with E-state index in [9.17, 15) is 4.79 Å². The highest BCUT2D eigenvalue weighted by Crippen LogP contribution is 2.27. The lowest BCUT2D eigenvalue weighted by atomic mass is 10.0. The molecule has 1 N–H and O–H groups in total. The van der Waals surface area contributed by atoms with Crippen LogP contribution in [0.4, 0.5) is 0 Å². The zero-order valence-corrected chi connectivity index (χ0v) is 19.8. The van der Waals surface area contributed by atoms with E-state index in [-0.39, 0.29) is 18.4 Å². The zero-order chi connectivity index (χ0) is 23.8. The third-order valence-corrected chi connectivity index (χ3v) is 5.05. The number of nitrogens with one attached hydrogen (secondary N) is 1. The summed E-state index contributed by atoms with van der Waals surface area (Å²) in [7, 11) is 0.